The zero-order valence-corrected chi connectivity index (χ0v) is 25.3. The molecule has 1 aromatic carbocycles. The molecule has 1 aliphatic carbocycles. The van der Waals surface area contributed by atoms with E-state index in [1.807, 2.05) is 19.1 Å². The van der Waals surface area contributed by atoms with Gasteiger partial charge in [0.15, 0.2) is 0 Å². The summed E-state index contributed by atoms with van der Waals surface area (Å²) in [6, 6.07) is 4.12. The van der Waals surface area contributed by atoms with Gasteiger partial charge in [-0.3, -0.25) is 14.4 Å². The first-order valence-corrected chi connectivity index (χ1v) is 14.7. The number of benzene rings is 1. The summed E-state index contributed by atoms with van der Waals surface area (Å²) in [7, 11) is 0. The van der Waals surface area contributed by atoms with Crippen LogP contribution in [-0.4, -0.2) is 55.2 Å². The average molecular weight is 610 g/mol. The Kier molecular flexibility index (Phi) is 9.53. The molecule has 0 bridgehead atoms. The number of rotatable bonds is 9. The van der Waals surface area contributed by atoms with Crippen molar-refractivity contribution in [3.8, 4) is 0 Å². The first kappa shape index (κ1) is 31.5. The average Bonchev–Trinajstić information content (AvgIpc) is 3.35. The van der Waals surface area contributed by atoms with Crippen LogP contribution < -0.4 is 21.7 Å². The standard InChI is InChI=1S/C30H39Cl2FN4O4/c1-16(6-5-7-18(32)14-33)25-26(27(39)35-19-11-20(12-19)41-24(38)15-34)37-23(13-29(2,3)4)30(25)21-9-8-17(31)10-22(21)36-28(30)40/h5-10,16,19-20,23,25-26,37H,11-15,34H2,1-4H3,(H,35,39)(H,36,40)/b6-5-,18-7+/t16?,19-,20+,23-,25+,26-,30+/m1/s1. The number of hydrogen-bond acceptors (Lipinski definition) is 6. The van der Waals surface area contributed by atoms with Crippen molar-refractivity contribution in [3.63, 3.8) is 0 Å². The third-order valence-corrected chi connectivity index (χ3v) is 8.72. The maximum Gasteiger partial charge on any atom is 0.319 e. The predicted octanol–water partition coefficient (Wildman–Crippen LogP) is 4.36. The van der Waals surface area contributed by atoms with E-state index < -0.39 is 30.0 Å². The van der Waals surface area contributed by atoms with Gasteiger partial charge in [0, 0.05) is 46.6 Å². The molecule has 3 aliphatic rings. The molecule has 1 saturated carbocycles. The molecular weight excluding hydrogens is 570 g/mol. The van der Waals surface area contributed by atoms with Crippen LogP contribution in [0.3, 0.4) is 0 Å². The number of halogens is 3. The molecule has 1 saturated heterocycles. The van der Waals surface area contributed by atoms with Gasteiger partial charge in [0.25, 0.3) is 0 Å². The van der Waals surface area contributed by atoms with E-state index in [-0.39, 0.29) is 52.9 Å². The highest BCUT2D eigenvalue weighted by Crippen LogP contribution is 2.55. The van der Waals surface area contributed by atoms with Crippen molar-refractivity contribution in [1.29, 1.82) is 0 Å². The highest BCUT2D eigenvalue weighted by Gasteiger charge is 2.66. The number of anilines is 1. The second-order valence-corrected chi connectivity index (χ2v) is 13.4. The normalized spacial score (nSPS) is 30.2. The first-order chi connectivity index (χ1) is 19.3. The summed E-state index contributed by atoms with van der Waals surface area (Å²) in [5, 5.41) is 10.3. The van der Waals surface area contributed by atoms with Gasteiger partial charge in [0.1, 0.15) is 12.8 Å². The Bertz CT molecular complexity index is 1240. The van der Waals surface area contributed by atoms with Gasteiger partial charge in [-0.1, -0.05) is 69.1 Å². The molecule has 5 N–H and O–H groups in total. The lowest BCUT2D eigenvalue weighted by Crippen LogP contribution is -2.55. The molecule has 1 unspecified atom stereocenters. The number of nitrogens with one attached hydrogen (secondary N) is 3. The summed E-state index contributed by atoms with van der Waals surface area (Å²) >= 11 is 12.2. The van der Waals surface area contributed by atoms with Gasteiger partial charge in [0.05, 0.1) is 18.0 Å². The van der Waals surface area contributed by atoms with Crippen LogP contribution >= 0.6 is 23.2 Å². The molecule has 224 valence electrons. The minimum atomic E-state index is -1.08. The fourth-order valence-corrected chi connectivity index (χ4v) is 6.79. The van der Waals surface area contributed by atoms with E-state index in [0.717, 1.165) is 5.56 Å². The Hall–Kier alpha value is -2.46. The summed E-state index contributed by atoms with van der Waals surface area (Å²) in [6.07, 6.45) is 6.34. The van der Waals surface area contributed by atoms with Crippen molar-refractivity contribution >= 4 is 46.7 Å². The molecule has 8 nitrogen and oxygen atoms in total. The monoisotopic (exact) mass is 608 g/mol. The summed E-state index contributed by atoms with van der Waals surface area (Å²) in [4.78, 5) is 39.6. The van der Waals surface area contributed by atoms with Crippen LogP contribution in [0, 0.1) is 17.3 Å². The molecule has 11 heteroatoms. The van der Waals surface area contributed by atoms with Crippen LogP contribution in [0.25, 0.3) is 0 Å². The second-order valence-electron chi connectivity index (χ2n) is 12.5. The largest absolute Gasteiger partial charge is 0.461 e. The van der Waals surface area contributed by atoms with Crippen molar-refractivity contribution < 1.29 is 23.5 Å². The van der Waals surface area contributed by atoms with Gasteiger partial charge >= 0.3 is 5.97 Å². The molecule has 1 spiro atoms. The summed E-state index contributed by atoms with van der Waals surface area (Å²) in [5.74, 6) is -1.69. The van der Waals surface area contributed by atoms with Crippen LogP contribution in [0.1, 0.15) is 52.5 Å². The van der Waals surface area contributed by atoms with Gasteiger partial charge in [-0.2, -0.15) is 0 Å². The third kappa shape index (κ3) is 6.48. The molecule has 0 aromatic heterocycles. The van der Waals surface area contributed by atoms with Gasteiger partial charge in [0.2, 0.25) is 11.8 Å². The van der Waals surface area contributed by atoms with E-state index in [9.17, 15) is 18.8 Å². The fourth-order valence-electron chi connectivity index (χ4n) is 6.55. The zero-order chi connectivity index (χ0) is 30.1. The van der Waals surface area contributed by atoms with Crippen molar-refractivity contribution in [2.24, 2.45) is 23.0 Å². The van der Waals surface area contributed by atoms with Crippen LogP contribution in [0.4, 0.5) is 10.1 Å². The molecule has 41 heavy (non-hydrogen) atoms. The number of amides is 2. The van der Waals surface area contributed by atoms with Gasteiger partial charge in [-0.05, 0) is 41.5 Å². The quantitative estimate of drug-likeness (QED) is 0.244. The number of carbonyl (C=O) groups excluding carboxylic acids is 3. The number of carbonyl (C=O) groups is 3. The Morgan fingerprint density at radius 1 is 1.32 bits per heavy atom. The SMILES string of the molecule is CC(/C=C\C=C(\Cl)CF)[C@H]1[C@H](C(=O)N[C@H]2C[C@@H](OC(=O)CN)C2)N[C@H](CC(C)(C)C)[C@]12C(=O)Nc1cc(Cl)ccc12. The lowest BCUT2D eigenvalue weighted by Gasteiger charge is -2.39. The van der Waals surface area contributed by atoms with E-state index in [0.29, 0.717) is 30.0 Å². The second kappa shape index (κ2) is 12.4. The number of esters is 1. The van der Waals surface area contributed by atoms with E-state index in [1.165, 1.54) is 6.08 Å². The van der Waals surface area contributed by atoms with Gasteiger partial charge in [-0.25, -0.2) is 4.39 Å². The summed E-state index contributed by atoms with van der Waals surface area (Å²) < 4.78 is 18.2. The number of fused-ring (bicyclic) bond motifs is 2. The topological polar surface area (TPSA) is 123 Å². The number of allylic oxidation sites excluding steroid dienone is 4. The van der Waals surface area contributed by atoms with E-state index in [2.05, 4.69) is 36.7 Å². The van der Waals surface area contributed by atoms with Gasteiger partial charge < -0.3 is 26.4 Å². The molecule has 1 aromatic rings. The summed E-state index contributed by atoms with van der Waals surface area (Å²) in [6.45, 7) is 7.28. The van der Waals surface area contributed by atoms with E-state index in [4.69, 9.17) is 33.7 Å². The third-order valence-electron chi connectivity index (χ3n) is 8.26. The lowest BCUT2D eigenvalue weighted by atomic mass is 9.61. The van der Waals surface area contributed by atoms with E-state index >= 15 is 0 Å². The number of ether oxygens (including phenoxy) is 1. The van der Waals surface area contributed by atoms with Crippen LogP contribution in [0.2, 0.25) is 5.02 Å². The minimum Gasteiger partial charge on any atom is -0.461 e. The Morgan fingerprint density at radius 3 is 2.66 bits per heavy atom. The fraction of sp³-hybridized carbons (Fsp3) is 0.567. The Morgan fingerprint density at radius 2 is 2.02 bits per heavy atom. The highest BCUT2D eigenvalue weighted by atomic mass is 35.5. The molecule has 2 heterocycles. The molecule has 2 fully saturated rings. The van der Waals surface area contributed by atoms with Crippen molar-refractivity contribution in [1.82, 2.24) is 10.6 Å². The van der Waals surface area contributed by atoms with Crippen LogP contribution in [0.5, 0.6) is 0 Å². The molecule has 2 amide bonds. The highest BCUT2D eigenvalue weighted by molar-refractivity contribution is 6.31. The maximum atomic E-state index is 14.1. The van der Waals surface area contributed by atoms with Crippen molar-refractivity contribution in [2.75, 3.05) is 18.5 Å². The van der Waals surface area contributed by atoms with Crippen LogP contribution in [0.15, 0.2) is 41.5 Å². The summed E-state index contributed by atoms with van der Waals surface area (Å²) in [5.41, 5.74) is 5.52. The minimum absolute atomic E-state index is 0.0566. The predicted molar refractivity (Wildman–Crippen MR) is 158 cm³/mol. The number of hydrogen-bond donors (Lipinski definition) is 4. The molecule has 0 radical (unpaired) electrons. The number of nitrogens with two attached hydrogens (primary N) is 1. The van der Waals surface area contributed by atoms with E-state index in [1.54, 1.807) is 18.2 Å². The number of alkyl halides is 1. The molecular formula is C30H39Cl2FN4O4. The van der Waals surface area contributed by atoms with Gasteiger partial charge in [-0.15, -0.1) is 0 Å². The molecule has 2 aliphatic heterocycles. The molecule has 5 atom stereocenters. The van der Waals surface area contributed by atoms with Crippen molar-refractivity contribution in [3.05, 3.63) is 52.0 Å². The first-order valence-electron chi connectivity index (χ1n) is 14.0. The Labute approximate surface area is 250 Å². The Balaban J connectivity index is 1.72. The van der Waals surface area contributed by atoms with Crippen molar-refractivity contribution in [2.45, 2.75) is 76.6 Å². The smallest absolute Gasteiger partial charge is 0.319 e. The lowest BCUT2D eigenvalue weighted by molar-refractivity contribution is -0.152. The van der Waals surface area contributed by atoms with Crippen LogP contribution in [-0.2, 0) is 24.5 Å². The maximum absolute atomic E-state index is 14.1. The molecule has 4 rings (SSSR count). The zero-order valence-electron chi connectivity index (χ0n) is 23.8.